The number of carbonyl (C=O) groups is 3. The van der Waals surface area contributed by atoms with Crippen LogP contribution < -0.4 is 10.6 Å². The Balaban J connectivity index is 1.17. The number of nitrogens with one attached hydrogen (secondary N) is 2. The lowest BCUT2D eigenvalue weighted by atomic mass is 10.0. The van der Waals surface area contributed by atoms with Crippen LogP contribution >= 0.6 is 0 Å². The van der Waals surface area contributed by atoms with Crippen molar-refractivity contribution in [3.63, 3.8) is 0 Å². The van der Waals surface area contributed by atoms with Gasteiger partial charge in [-0.15, -0.1) is 0 Å². The summed E-state index contributed by atoms with van der Waals surface area (Å²) >= 11 is 0. The number of rotatable bonds is 9. The summed E-state index contributed by atoms with van der Waals surface area (Å²) in [6.45, 7) is 1.99. The van der Waals surface area contributed by atoms with E-state index < -0.39 is 5.91 Å². The second kappa shape index (κ2) is 13.1. The molecule has 0 radical (unpaired) electrons. The molecule has 1 aromatic heterocycles. The second-order valence-corrected chi connectivity index (χ2v) is 10.8. The molecule has 0 saturated carbocycles. The molecular weight excluding hydrogens is 560 g/mol. The van der Waals surface area contributed by atoms with Crippen molar-refractivity contribution >= 4 is 45.8 Å². The van der Waals surface area contributed by atoms with Crippen LogP contribution in [0.15, 0.2) is 138 Å². The summed E-state index contributed by atoms with van der Waals surface area (Å²) < 4.78 is 5.97. The van der Waals surface area contributed by atoms with E-state index in [1.54, 1.807) is 54.6 Å². The fourth-order valence-corrected chi connectivity index (χ4v) is 5.03. The molecule has 6 heteroatoms. The first kappa shape index (κ1) is 29.1. The van der Waals surface area contributed by atoms with Crippen molar-refractivity contribution in [1.82, 2.24) is 0 Å². The fourth-order valence-electron chi connectivity index (χ4n) is 5.03. The first-order valence-corrected chi connectivity index (χ1v) is 14.6. The summed E-state index contributed by atoms with van der Waals surface area (Å²) in [5.41, 5.74) is 4.44. The van der Waals surface area contributed by atoms with Crippen LogP contribution in [0.2, 0.25) is 0 Å². The molecule has 0 aliphatic rings. The van der Waals surface area contributed by atoms with Crippen molar-refractivity contribution in [2.45, 2.75) is 13.3 Å². The molecule has 45 heavy (non-hydrogen) atoms. The molecule has 220 valence electrons. The number of ketones is 1. The first-order valence-electron chi connectivity index (χ1n) is 14.6. The van der Waals surface area contributed by atoms with E-state index >= 15 is 0 Å². The van der Waals surface area contributed by atoms with Gasteiger partial charge in [0.05, 0.1) is 12.1 Å². The average molecular weight is 591 g/mol. The quantitative estimate of drug-likeness (QED) is 0.131. The van der Waals surface area contributed by atoms with E-state index in [0.717, 1.165) is 27.5 Å². The Bertz CT molecular complexity index is 2040. The number of carbonyl (C=O) groups excluding carboxylic acids is 3. The van der Waals surface area contributed by atoms with Gasteiger partial charge in [-0.2, -0.15) is 0 Å². The molecule has 0 aliphatic carbocycles. The largest absolute Gasteiger partial charge is 0.457 e. The molecule has 0 spiro atoms. The monoisotopic (exact) mass is 590 g/mol. The fraction of sp³-hybridized carbons (Fsp3) is 0.0513. The third-order valence-electron chi connectivity index (χ3n) is 7.39. The van der Waals surface area contributed by atoms with Crippen LogP contribution in [0.1, 0.15) is 32.8 Å². The maximum absolute atomic E-state index is 13.5. The topological polar surface area (TPSA) is 88.4 Å². The van der Waals surface area contributed by atoms with Gasteiger partial charge in [0, 0.05) is 28.5 Å². The predicted molar refractivity (Wildman–Crippen MR) is 179 cm³/mol. The van der Waals surface area contributed by atoms with Gasteiger partial charge in [-0.3, -0.25) is 14.4 Å². The summed E-state index contributed by atoms with van der Waals surface area (Å²) in [4.78, 5) is 39.3. The van der Waals surface area contributed by atoms with Crippen molar-refractivity contribution in [3.8, 4) is 11.3 Å². The van der Waals surface area contributed by atoms with E-state index in [2.05, 4.69) is 28.8 Å². The smallest absolute Gasteiger partial charge is 0.248 e. The average Bonchev–Trinajstić information content (AvgIpc) is 3.55. The van der Waals surface area contributed by atoms with E-state index in [4.69, 9.17) is 4.42 Å². The lowest BCUT2D eigenvalue weighted by Crippen LogP contribution is -2.18. The Morgan fingerprint density at radius 3 is 2.27 bits per heavy atom. The van der Waals surface area contributed by atoms with E-state index in [1.807, 2.05) is 67.6 Å². The third kappa shape index (κ3) is 7.14. The van der Waals surface area contributed by atoms with Crippen molar-refractivity contribution in [2.75, 3.05) is 10.6 Å². The third-order valence-corrected chi connectivity index (χ3v) is 7.39. The molecule has 1 heterocycles. The molecule has 6 nitrogen and oxygen atoms in total. The minimum atomic E-state index is -0.395. The number of hydrogen-bond acceptors (Lipinski definition) is 4. The van der Waals surface area contributed by atoms with Gasteiger partial charge in [0.2, 0.25) is 11.8 Å². The minimum Gasteiger partial charge on any atom is -0.457 e. The summed E-state index contributed by atoms with van der Waals surface area (Å²) in [6.07, 6.45) is 3.13. The molecule has 0 saturated heterocycles. The van der Waals surface area contributed by atoms with Crippen LogP contribution in [-0.2, 0) is 16.0 Å². The van der Waals surface area contributed by atoms with Crippen LogP contribution in [0.3, 0.4) is 0 Å². The second-order valence-electron chi connectivity index (χ2n) is 10.8. The summed E-state index contributed by atoms with van der Waals surface area (Å²) in [6, 6.07) is 39.3. The van der Waals surface area contributed by atoms with E-state index in [-0.39, 0.29) is 23.7 Å². The van der Waals surface area contributed by atoms with Crippen LogP contribution in [0.25, 0.3) is 28.2 Å². The lowest BCUT2D eigenvalue weighted by molar-refractivity contribution is -0.115. The lowest BCUT2D eigenvalue weighted by Gasteiger charge is -2.13. The molecule has 5 aromatic carbocycles. The van der Waals surface area contributed by atoms with E-state index in [1.165, 1.54) is 6.08 Å². The normalized spacial score (nSPS) is 11.0. The van der Waals surface area contributed by atoms with Crippen molar-refractivity contribution in [2.24, 2.45) is 0 Å². The van der Waals surface area contributed by atoms with Gasteiger partial charge < -0.3 is 15.1 Å². The highest BCUT2D eigenvalue weighted by atomic mass is 16.3. The van der Waals surface area contributed by atoms with Crippen molar-refractivity contribution in [3.05, 3.63) is 161 Å². The highest BCUT2D eigenvalue weighted by Crippen LogP contribution is 2.27. The molecule has 2 amide bonds. The maximum atomic E-state index is 13.5. The standard InChI is InChI=1S/C39H30N2O4/c1-26-11-13-27(14-12-26)23-38(43)41-35-20-17-32(25-34(35)39(44)29-8-3-2-4-9-29)40-37(42)22-19-33-18-21-36(45-33)31-16-15-28-7-5-6-10-30(28)24-31/h2-22,24-25H,23H2,1H3,(H,40,42)(H,41,43)/b22-19+. The Kier molecular flexibility index (Phi) is 8.47. The van der Waals surface area contributed by atoms with Gasteiger partial charge in [0.15, 0.2) is 5.78 Å². The summed E-state index contributed by atoms with van der Waals surface area (Å²) in [7, 11) is 0. The number of furan rings is 1. The molecule has 0 unspecified atom stereocenters. The van der Waals surface area contributed by atoms with E-state index in [0.29, 0.717) is 28.5 Å². The van der Waals surface area contributed by atoms with Gasteiger partial charge in [0.25, 0.3) is 0 Å². The van der Waals surface area contributed by atoms with Gasteiger partial charge in [0.1, 0.15) is 11.5 Å². The number of anilines is 2. The Morgan fingerprint density at radius 1 is 0.711 bits per heavy atom. The molecule has 0 bridgehead atoms. The highest BCUT2D eigenvalue weighted by Gasteiger charge is 2.17. The summed E-state index contributed by atoms with van der Waals surface area (Å²) in [5, 5.41) is 7.95. The Labute approximate surface area is 261 Å². The summed E-state index contributed by atoms with van der Waals surface area (Å²) in [5.74, 6) is 0.310. The predicted octanol–water partition coefficient (Wildman–Crippen LogP) is 8.47. The molecule has 0 fully saturated rings. The maximum Gasteiger partial charge on any atom is 0.248 e. The molecule has 2 N–H and O–H groups in total. The van der Waals surface area contributed by atoms with Gasteiger partial charge >= 0.3 is 0 Å². The van der Waals surface area contributed by atoms with Crippen LogP contribution in [-0.4, -0.2) is 17.6 Å². The molecule has 6 aromatic rings. The molecular formula is C39H30N2O4. The number of amides is 2. The zero-order chi connectivity index (χ0) is 31.2. The minimum absolute atomic E-state index is 0.165. The number of hydrogen-bond donors (Lipinski definition) is 2. The number of fused-ring (bicyclic) bond motifs is 1. The van der Waals surface area contributed by atoms with Crippen LogP contribution in [0.5, 0.6) is 0 Å². The van der Waals surface area contributed by atoms with Gasteiger partial charge in [-0.1, -0.05) is 96.6 Å². The van der Waals surface area contributed by atoms with E-state index in [9.17, 15) is 14.4 Å². The number of benzene rings is 5. The highest BCUT2D eigenvalue weighted by molar-refractivity contribution is 6.15. The van der Waals surface area contributed by atoms with Crippen LogP contribution in [0, 0.1) is 6.92 Å². The van der Waals surface area contributed by atoms with Gasteiger partial charge in [-0.25, -0.2) is 0 Å². The van der Waals surface area contributed by atoms with Crippen molar-refractivity contribution in [1.29, 1.82) is 0 Å². The SMILES string of the molecule is Cc1ccc(CC(=O)Nc2ccc(NC(=O)/C=C/c3ccc(-c4ccc5ccccc5c4)o3)cc2C(=O)c2ccccc2)cc1. The van der Waals surface area contributed by atoms with Crippen LogP contribution in [0.4, 0.5) is 11.4 Å². The number of aryl methyl sites for hydroxylation is 1. The van der Waals surface area contributed by atoms with Gasteiger partial charge in [-0.05, 0) is 65.7 Å². The first-order chi connectivity index (χ1) is 21.9. The zero-order valence-electron chi connectivity index (χ0n) is 24.6. The Hall–Kier alpha value is -6.01. The molecule has 0 aliphatic heterocycles. The Morgan fingerprint density at radius 2 is 1.47 bits per heavy atom. The molecule has 6 rings (SSSR count). The van der Waals surface area contributed by atoms with Crippen molar-refractivity contribution < 1.29 is 18.8 Å². The molecule has 0 atom stereocenters. The zero-order valence-corrected chi connectivity index (χ0v) is 24.6.